The van der Waals surface area contributed by atoms with Gasteiger partial charge in [0, 0.05) is 5.56 Å². The molecule has 6 nitrogen and oxygen atoms in total. The Balaban J connectivity index is 1.69. The van der Waals surface area contributed by atoms with Crippen molar-refractivity contribution in [3.63, 3.8) is 0 Å². The van der Waals surface area contributed by atoms with E-state index in [0.29, 0.717) is 17.2 Å². The van der Waals surface area contributed by atoms with E-state index in [2.05, 4.69) is 18.6 Å². The van der Waals surface area contributed by atoms with E-state index in [1.165, 1.54) is 17.8 Å². The fourth-order valence-corrected chi connectivity index (χ4v) is 5.15. The molecule has 0 spiro atoms. The lowest BCUT2D eigenvalue weighted by Gasteiger charge is -2.17. The lowest BCUT2D eigenvalue weighted by molar-refractivity contribution is -0.144. The zero-order valence-corrected chi connectivity index (χ0v) is 21.1. The second kappa shape index (κ2) is 11.6. The summed E-state index contributed by atoms with van der Waals surface area (Å²) in [4.78, 5) is 25.3. The summed E-state index contributed by atoms with van der Waals surface area (Å²) < 4.78 is 33.7. The van der Waals surface area contributed by atoms with Crippen LogP contribution in [0.5, 0.6) is 0 Å². The third kappa shape index (κ3) is 6.68. The SMILES string of the molecule is CSCC[C@H](NS(=O)(=O)c1ccc2ccccc2c1)C(=O)OCC(=O)c1ccc(C(C)C)cc1. The molecule has 3 aromatic carbocycles. The summed E-state index contributed by atoms with van der Waals surface area (Å²) >= 11 is 1.49. The molecule has 3 aromatic rings. The van der Waals surface area contributed by atoms with Crippen LogP contribution in [0.4, 0.5) is 0 Å². The second-order valence-corrected chi connectivity index (χ2v) is 11.0. The molecule has 0 aliphatic rings. The van der Waals surface area contributed by atoms with Crippen molar-refractivity contribution >= 4 is 44.3 Å². The third-order valence-corrected chi connectivity index (χ3v) is 7.58. The highest BCUT2D eigenvalue weighted by Gasteiger charge is 2.27. The van der Waals surface area contributed by atoms with Crippen LogP contribution in [0, 0.1) is 0 Å². The Morgan fingerprint density at radius 2 is 1.65 bits per heavy atom. The summed E-state index contributed by atoms with van der Waals surface area (Å²) in [5.74, 6) is -0.227. The van der Waals surface area contributed by atoms with Crippen molar-refractivity contribution in [3.05, 3.63) is 77.9 Å². The Morgan fingerprint density at radius 1 is 0.971 bits per heavy atom. The van der Waals surface area contributed by atoms with Crippen LogP contribution in [0.3, 0.4) is 0 Å². The number of hydrogen-bond donors (Lipinski definition) is 1. The number of carbonyl (C=O) groups excluding carboxylic acids is 2. The zero-order valence-electron chi connectivity index (χ0n) is 19.5. The predicted octanol–water partition coefficient (Wildman–Crippen LogP) is 4.79. The number of rotatable bonds is 11. The van der Waals surface area contributed by atoms with Gasteiger partial charge in [-0.25, -0.2) is 8.42 Å². The molecule has 0 bridgehead atoms. The van der Waals surface area contributed by atoms with Crippen molar-refractivity contribution in [1.29, 1.82) is 0 Å². The van der Waals surface area contributed by atoms with Gasteiger partial charge in [-0.2, -0.15) is 16.5 Å². The van der Waals surface area contributed by atoms with Crippen molar-refractivity contribution in [1.82, 2.24) is 4.72 Å². The summed E-state index contributed by atoms with van der Waals surface area (Å²) in [5.41, 5.74) is 1.54. The molecule has 1 N–H and O–H groups in total. The van der Waals surface area contributed by atoms with Crippen molar-refractivity contribution in [2.75, 3.05) is 18.6 Å². The van der Waals surface area contributed by atoms with Gasteiger partial charge in [-0.3, -0.25) is 9.59 Å². The Hall–Kier alpha value is -2.68. The Kier molecular flexibility index (Phi) is 8.88. The number of nitrogens with one attached hydrogen (secondary N) is 1. The first-order valence-electron chi connectivity index (χ1n) is 11.0. The number of ketones is 1. The number of hydrogen-bond acceptors (Lipinski definition) is 6. The molecule has 1 atom stereocenters. The first kappa shape index (κ1) is 25.9. The van der Waals surface area contributed by atoms with Gasteiger partial charge < -0.3 is 4.74 Å². The minimum Gasteiger partial charge on any atom is -0.456 e. The van der Waals surface area contributed by atoms with Crippen LogP contribution in [-0.2, 0) is 19.6 Å². The van der Waals surface area contributed by atoms with Crippen molar-refractivity contribution in [3.8, 4) is 0 Å². The van der Waals surface area contributed by atoms with Crippen LogP contribution < -0.4 is 4.72 Å². The van der Waals surface area contributed by atoms with Crippen molar-refractivity contribution in [2.24, 2.45) is 0 Å². The number of thioether (sulfide) groups is 1. The van der Waals surface area contributed by atoms with E-state index < -0.39 is 28.6 Å². The van der Waals surface area contributed by atoms with E-state index in [-0.39, 0.29) is 17.1 Å². The highest BCUT2D eigenvalue weighted by atomic mass is 32.2. The number of fused-ring (bicyclic) bond motifs is 1. The first-order valence-corrected chi connectivity index (χ1v) is 13.9. The Bertz CT molecular complexity index is 1250. The lowest BCUT2D eigenvalue weighted by atomic mass is 10.0. The molecule has 180 valence electrons. The highest BCUT2D eigenvalue weighted by Crippen LogP contribution is 2.20. The van der Waals surface area contributed by atoms with Gasteiger partial charge >= 0.3 is 5.97 Å². The van der Waals surface area contributed by atoms with Crippen molar-refractivity contribution in [2.45, 2.75) is 37.1 Å². The van der Waals surface area contributed by atoms with Gasteiger partial charge in [0.05, 0.1) is 4.90 Å². The van der Waals surface area contributed by atoms with Gasteiger partial charge in [0.1, 0.15) is 6.04 Å². The van der Waals surface area contributed by atoms with Gasteiger partial charge in [0.15, 0.2) is 12.4 Å². The lowest BCUT2D eigenvalue weighted by Crippen LogP contribution is -2.42. The van der Waals surface area contributed by atoms with Gasteiger partial charge in [0.2, 0.25) is 10.0 Å². The number of benzene rings is 3. The monoisotopic (exact) mass is 499 g/mol. The van der Waals surface area contributed by atoms with Crippen LogP contribution in [0.2, 0.25) is 0 Å². The molecule has 0 fully saturated rings. The standard InChI is InChI=1S/C26H29NO5S2/c1-18(2)19-8-10-21(11-9-19)25(28)17-32-26(29)24(14-15-33-3)27-34(30,31)23-13-12-20-6-4-5-7-22(20)16-23/h4-13,16,18,24,27H,14-15,17H2,1-3H3/t24-/m0/s1. The summed E-state index contributed by atoms with van der Waals surface area (Å²) in [5, 5.41) is 1.70. The van der Waals surface area contributed by atoms with Gasteiger partial charge in [-0.1, -0.05) is 68.4 Å². The fraction of sp³-hybridized carbons (Fsp3) is 0.308. The molecule has 0 aliphatic heterocycles. The van der Waals surface area contributed by atoms with Crippen LogP contribution in [0.15, 0.2) is 71.6 Å². The maximum absolute atomic E-state index is 13.0. The predicted molar refractivity (Wildman–Crippen MR) is 137 cm³/mol. The van der Waals surface area contributed by atoms with E-state index >= 15 is 0 Å². The molecule has 0 unspecified atom stereocenters. The largest absolute Gasteiger partial charge is 0.456 e. The van der Waals surface area contributed by atoms with Crippen molar-refractivity contribution < 1.29 is 22.7 Å². The van der Waals surface area contributed by atoms with Gasteiger partial charge in [-0.15, -0.1) is 0 Å². The zero-order chi connectivity index (χ0) is 24.7. The van der Waals surface area contributed by atoms with E-state index in [1.807, 2.05) is 42.7 Å². The molecule has 0 heterocycles. The molecule has 0 aliphatic carbocycles. The minimum atomic E-state index is -3.98. The van der Waals surface area contributed by atoms with E-state index in [4.69, 9.17) is 4.74 Å². The van der Waals surface area contributed by atoms with E-state index in [1.54, 1.807) is 24.3 Å². The van der Waals surface area contributed by atoms with E-state index in [9.17, 15) is 18.0 Å². The number of ether oxygens (including phenoxy) is 1. The van der Waals surface area contributed by atoms with Gasteiger partial charge in [0.25, 0.3) is 0 Å². The summed E-state index contributed by atoms with van der Waals surface area (Å²) in [6.07, 6.45) is 2.11. The number of sulfonamides is 1. The molecule has 0 aromatic heterocycles. The Labute approximate surface area is 205 Å². The number of Topliss-reactive ketones (excluding diaryl/α,β-unsaturated/α-hetero) is 1. The van der Waals surface area contributed by atoms with E-state index in [0.717, 1.165) is 16.3 Å². The minimum absolute atomic E-state index is 0.0643. The molecule has 34 heavy (non-hydrogen) atoms. The highest BCUT2D eigenvalue weighted by molar-refractivity contribution is 7.98. The molecule has 3 rings (SSSR count). The second-order valence-electron chi connectivity index (χ2n) is 8.27. The summed E-state index contributed by atoms with van der Waals surface area (Å²) in [7, 11) is -3.98. The van der Waals surface area contributed by atoms with Crippen LogP contribution >= 0.6 is 11.8 Å². The molecule has 0 saturated carbocycles. The molecule has 0 radical (unpaired) electrons. The fourth-order valence-electron chi connectivity index (χ4n) is 3.42. The van der Waals surface area contributed by atoms with Crippen LogP contribution in [0.1, 0.15) is 42.1 Å². The summed E-state index contributed by atoms with van der Waals surface area (Å²) in [6.45, 7) is 3.67. The topological polar surface area (TPSA) is 89.5 Å². The first-order chi connectivity index (χ1) is 16.2. The average molecular weight is 500 g/mol. The molecule has 8 heteroatoms. The normalized spacial score (nSPS) is 12.6. The van der Waals surface area contributed by atoms with Gasteiger partial charge in [-0.05, 0) is 52.8 Å². The smallest absolute Gasteiger partial charge is 0.324 e. The summed E-state index contributed by atoms with van der Waals surface area (Å²) in [6, 6.07) is 18.3. The molecular weight excluding hydrogens is 470 g/mol. The molecular formula is C26H29NO5S2. The number of esters is 1. The number of carbonyl (C=O) groups is 2. The van der Waals surface area contributed by atoms with Crippen LogP contribution in [-0.4, -0.2) is 44.8 Å². The maximum atomic E-state index is 13.0. The molecule has 0 saturated heterocycles. The maximum Gasteiger partial charge on any atom is 0.324 e. The molecule has 0 amide bonds. The Morgan fingerprint density at radius 3 is 2.29 bits per heavy atom. The van der Waals surface area contributed by atoms with Crippen LogP contribution in [0.25, 0.3) is 10.8 Å². The quantitative estimate of drug-likeness (QED) is 0.301. The average Bonchev–Trinajstić information content (AvgIpc) is 2.84. The third-order valence-electron chi connectivity index (χ3n) is 5.47.